The van der Waals surface area contributed by atoms with E-state index < -0.39 is 6.10 Å². The van der Waals surface area contributed by atoms with Gasteiger partial charge >= 0.3 is 0 Å². The molecule has 0 unspecified atom stereocenters. The molecule has 1 aliphatic carbocycles. The van der Waals surface area contributed by atoms with Crippen LogP contribution >= 0.6 is 23.2 Å². The Hall–Kier alpha value is -0.970. The molecule has 6 heteroatoms. The molecule has 104 valence electrons. The molecular formula is C13H16Cl2N2O2. The largest absolute Gasteiger partial charge is 0.396 e. The van der Waals surface area contributed by atoms with E-state index in [2.05, 4.69) is 5.32 Å². The summed E-state index contributed by atoms with van der Waals surface area (Å²) in [6.45, 7) is 2.36. The van der Waals surface area contributed by atoms with Crippen LogP contribution in [-0.2, 0) is 9.53 Å². The van der Waals surface area contributed by atoms with Crippen molar-refractivity contribution in [3.05, 3.63) is 22.2 Å². The van der Waals surface area contributed by atoms with Crippen molar-refractivity contribution in [1.29, 1.82) is 0 Å². The van der Waals surface area contributed by atoms with Gasteiger partial charge in [0.2, 0.25) is 0 Å². The summed E-state index contributed by atoms with van der Waals surface area (Å²) in [7, 11) is 0. The van der Waals surface area contributed by atoms with E-state index in [9.17, 15) is 4.79 Å². The smallest absolute Gasteiger partial charge is 0.253 e. The summed E-state index contributed by atoms with van der Waals surface area (Å²) in [4.78, 5) is 11.9. The number of hydrogen-bond acceptors (Lipinski definition) is 3. The van der Waals surface area contributed by atoms with Crippen LogP contribution in [0.4, 0.5) is 11.4 Å². The molecule has 0 bridgehead atoms. The summed E-state index contributed by atoms with van der Waals surface area (Å²) in [5.74, 6) is 0.396. The Morgan fingerprint density at radius 1 is 1.47 bits per heavy atom. The number of rotatable bonds is 5. The molecule has 4 nitrogen and oxygen atoms in total. The van der Waals surface area contributed by atoms with E-state index in [-0.39, 0.29) is 5.91 Å². The van der Waals surface area contributed by atoms with Gasteiger partial charge in [-0.3, -0.25) is 4.79 Å². The fraction of sp³-hybridized carbons (Fsp3) is 0.462. The average Bonchev–Trinajstić information content (AvgIpc) is 3.16. The predicted octanol–water partition coefficient (Wildman–Crippen LogP) is 3.33. The molecule has 0 spiro atoms. The lowest BCUT2D eigenvalue weighted by Crippen LogP contribution is -2.28. The van der Waals surface area contributed by atoms with Gasteiger partial charge in [0.25, 0.3) is 5.91 Å². The zero-order chi connectivity index (χ0) is 14.0. The standard InChI is InChI=1S/C13H16Cl2N2O2/c1-7(19-6-8-2-3-8)13(18)17-9-4-10(14)12(16)11(15)5-9/h4-5,7-8H,2-3,6,16H2,1H3,(H,17,18)/t7-/m1/s1. The SMILES string of the molecule is C[C@@H](OCC1CC1)C(=O)Nc1cc(Cl)c(N)c(Cl)c1. The number of hydrogen-bond donors (Lipinski definition) is 2. The minimum atomic E-state index is -0.504. The van der Waals surface area contributed by atoms with Gasteiger partial charge in [-0.25, -0.2) is 0 Å². The maximum absolute atomic E-state index is 11.9. The third-order valence-electron chi connectivity index (χ3n) is 2.99. The first kappa shape index (κ1) is 14.4. The Morgan fingerprint density at radius 3 is 2.58 bits per heavy atom. The van der Waals surface area contributed by atoms with Crippen LogP contribution in [0.25, 0.3) is 0 Å². The van der Waals surface area contributed by atoms with E-state index in [1.54, 1.807) is 19.1 Å². The van der Waals surface area contributed by atoms with Crippen LogP contribution in [0.3, 0.4) is 0 Å². The van der Waals surface area contributed by atoms with Gasteiger partial charge in [0, 0.05) is 5.69 Å². The molecule has 0 saturated heterocycles. The number of amides is 1. The third-order valence-corrected chi connectivity index (χ3v) is 3.62. The van der Waals surface area contributed by atoms with E-state index >= 15 is 0 Å². The van der Waals surface area contributed by atoms with Crippen molar-refractivity contribution >= 4 is 40.5 Å². The zero-order valence-corrected chi connectivity index (χ0v) is 12.1. The van der Waals surface area contributed by atoms with Gasteiger partial charge in [-0.15, -0.1) is 0 Å². The number of carbonyl (C=O) groups excluding carboxylic acids is 1. The fourth-order valence-corrected chi connectivity index (χ4v) is 2.03. The van der Waals surface area contributed by atoms with E-state index in [1.165, 1.54) is 12.8 Å². The second-order valence-electron chi connectivity index (χ2n) is 4.76. The highest BCUT2D eigenvalue weighted by molar-refractivity contribution is 6.39. The summed E-state index contributed by atoms with van der Waals surface area (Å²) in [5.41, 5.74) is 6.44. The van der Waals surface area contributed by atoms with Gasteiger partial charge in [-0.05, 0) is 37.8 Å². The molecule has 2 rings (SSSR count). The van der Waals surface area contributed by atoms with Crippen molar-refractivity contribution in [3.8, 4) is 0 Å². The highest BCUT2D eigenvalue weighted by atomic mass is 35.5. The Morgan fingerprint density at radius 2 is 2.05 bits per heavy atom. The normalized spacial score (nSPS) is 16.2. The molecule has 1 amide bonds. The molecule has 1 saturated carbocycles. The fourth-order valence-electron chi connectivity index (χ4n) is 1.54. The Bertz CT molecular complexity index is 467. The number of ether oxygens (including phenoxy) is 1. The number of anilines is 2. The molecule has 1 aromatic rings. The van der Waals surface area contributed by atoms with E-state index in [0.717, 1.165) is 0 Å². The van der Waals surface area contributed by atoms with Crippen LogP contribution in [0.15, 0.2) is 12.1 Å². The second-order valence-corrected chi connectivity index (χ2v) is 5.58. The third kappa shape index (κ3) is 4.00. The van der Waals surface area contributed by atoms with Gasteiger partial charge in [0.05, 0.1) is 22.3 Å². The summed E-state index contributed by atoms with van der Waals surface area (Å²) >= 11 is 11.8. The van der Waals surface area contributed by atoms with Crippen LogP contribution < -0.4 is 11.1 Å². The van der Waals surface area contributed by atoms with Crippen LogP contribution in [0.2, 0.25) is 10.0 Å². The second kappa shape index (κ2) is 5.99. The van der Waals surface area contributed by atoms with E-state index in [4.69, 9.17) is 33.7 Å². The van der Waals surface area contributed by atoms with Crippen LogP contribution in [0.5, 0.6) is 0 Å². The highest BCUT2D eigenvalue weighted by Crippen LogP contribution is 2.31. The van der Waals surface area contributed by atoms with Crippen molar-refractivity contribution < 1.29 is 9.53 Å². The van der Waals surface area contributed by atoms with Gasteiger partial charge in [0.15, 0.2) is 0 Å². The maximum Gasteiger partial charge on any atom is 0.253 e. The molecule has 19 heavy (non-hydrogen) atoms. The number of nitrogens with two attached hydrogens (primary N) is 1. The monoisotopic (exact) mass is 302 g/mol. The molecule has 0 radical (unpaired) electrons. The first-order valence-corrected chi connectivity index (χ1v) is 6.90. The van der Waals surface area contributed by atoms with Gasteiger partial charge < -0.3 is 15.8 Å². The topological polar surface area (TPSA) is 64.3 Å². The lowest BCUT2D eigenvalue weighted by atomic mass is 10.2. The van der Waals surface area contributed by atoms with Crippen molar-refractivity contribution in [2.24, 2.45) is 5.92 Å². The number of benzene rings is 1. The number of carbonyl (C=O) groups is 1. The molecule has 1 aliphatic rings. The first-order chi connectivity index (χ1) is 8.97. The lowest BCUT2D eigenvalue weighted by Gasteiger charge is -2.14. The summed E-state index contributed by atoms with van der Waals surface area (Å²) in [6.07, 6.45) is 1.88. The van der Waals surface area contributed by atoms with Crippen LogP contribution in [0, 0.1) is 5.92 Å². The van der Waals surface area contributed by atoms with Gasteiger partial charge in [0.1, 0.15) is 6.10 Å². The molecule has 1 aromatic carbocycles. The summed E-state index contributed by atoms with van der Waals surface area (Å²) in [5, 5.41) is 3.33. The van der Waals surface area contributed by atoms with Crippen LogP contribution in [-0.4, -0.2) is 18.6 Å². The van der Waals surface area contributed by atoms with Crippen molar-refractivity contribution in [3.63, 3.8) is 0 Å². The summed E-state index contributed by atoms with van der Waals surface area (Å²) < 4.78 is 5.48. The maximum atomic E-state index is 11.9. The Balaban J connectivity index is 1.93. The number of halogens is 2. The average molecular weight is 303 g/mol. The molecule has 1 fully saturated rings. The van der Waals surface area contributed by atoms with Gasteiger partial charge in [-0.1, -0.05) is 23.2 Å². The quantitative estimate of drug-likeness (QED) is 0.820. The van der Waals surface area contributed by atoms with Crippen molar-refractivity contribution in [2.75, 3.05) is 17.7 Å². The lowest BCUT2D eigenvalue weighted by molar-refractivity contribution is -0.126. The molecular weight excluding hydrogens is 287 g/mol. The van der Waals surface area contributed by atoms with Crippen molar-refractivity contribution in [1.82, 2.24) is 0 Å². The van der Waals surface area contributed by atoms with E-state index in [0.29, 0.717) is 33.9 Å². The molecule has 0 heterocycles. The zero-order valence-electron chi connectivity index (χ0n) is 10.6. The number of nitrogen functional groups attached to an aromatic ring is 1. The Kier molecular flexibility index (Phi) is 4.55. The van der Waals surface area contributed by atoms with E-state index in [1.807, 2.05) is 0 Å². The van der Waals surface area contributed by atoms with Gasteiger partial charge in [-0.2, -0.15) is 0 Å². The minimum Gasteiger partial charge on any atom is -0.396 e. The molecule has 3 N–H and O–H groups in total. The Labute approximate surface area is 122 Å². The van der Waals surface area contributed by atoms with Crippen molar-refractivity contribution in [2.45, 2.75) is 25.9 Å². The molecule has 1 atom stereocenters. The summed E-state index contributed by atoms with van der Waals surface area (Å²) in [6, 6.07) is 3.13. The first-order valence-electron chi connectivity index (χ1n) is 6.14. The molecule has 0 aromatic heterocycles. The highest BCUT2D eigenvalue weighted by Gasteiger charge is 2.24. The minimum absolute atomic E-state index is 0.224. The predicted molar refractivity (Wildman–Crippen MR) is 77.6 cm³/mol. The van der Waals surface area contributed by atoms with Crippen LogP contribution in [0.1, 0.15) is 19.8 Å². The number of nitrogens with one attached hydrogen (secondary N) is 1. The molecule has 0 aliphatic heterocycles.